The van der Waals surface area contributed by atoms with Crippen LogP contribution in [0.4, 0.5) is 5.82 Å². The molecule has 8 heteroatoms. The molecule has 0 aliphatic carbocycles. The van der Waals surface area contributed by atoms with Crippen LogP contribution in [0.25, 0.3) is 0 Å². The van der Waals surface area contributed by atoms with E-state index >= 15 is 0 Å². The molecule has 1 aliphatic heterocycles. The summed E-state index contributed by atoms with van der Waals surface area (Å²) in [7, 11) is 1.33. The number of piperidine rings is 1. The Bertz CT molecular complexity index is 473. The number of rotatable bonds is 3. The normalized spacial score (nSPS) is 19.2. The van der Waals surface area contributed by atoms with E-state index in [9.17, 15) is 9.59 Å². The zero-order chi connectivity index (χ0) is 13.8. The van der Waals surface area contributed by atoms with Crippen molar-refractivity contribution in [1.82, 2.24) is 19.9 Å². The van der Waals surface area contributed by atoms with Crippen molar-refractivity contribution in [1.29, 1.82) is 0 Å². The van der Waals surface area contributed by atoms with Gasteiger partial charge in [0, 0.05) is 6.54 Å². The van der Waals surface area contributed by atoms with E-state index in [1.165, 1.54) is 23.0 Å². The van der Waals surface area contributed by atoms with Crippen LogP contribution in [0.5, 0.6) is 0 Å². The van der Waals surface area contributed by atoms with Gasteiger partial charge in [-0.15, -0.1) is 5.10 Å². The van der Waals surface area contributed by atoms with E-state index < -0.39 is 6.04 Å². The van der Waals surface area contributed by atoms with E-state index in [2.05, 4.69) is 10.2 Å². The molecular weight excluding hydrogens is 250 g/mol. The highest BCUT2D eigenvalue weighted by molar-refractivity contribution is 5.84. The molecule has 1 saturated heterocycles. The number of carbonyl (C=O) groups excluding carboxylic acids is 2. The maximum atomic E-state index is 12.2. The summed E-state index contributed by atoms with van der Waals surface area (Å²) in [5.41, 5.74) is 5.44. The quantitative estimate of drug-likeness (QED) is 0.734. The van der Waals surface area contributed by atoms with E-state index in [4.69, 9.17) is 10.5 Å². The molecule has 2 rings (SSSR count). The van der Waals surface area contributed by atoms with Crippen LogP contribution < -0.4 is 5.73 Å². The third-order valence-electron chi connectivity index (χ3n) is 3.13. The summed E-state index contributed by atoms with van der Waals surface area (Å²) in [6.07, 6.45) is 3.80. The average Bonchev–Trinajstić information content (AvgIpc) is 2.83. The number of carbonyl (C=O) groups is 2. The topological polar surface area (TPSA) is 103 Å². The van der Waals surface area contributed by atoms with Gasteiger partial charge in [-0.05, 0) is 19.3 Å². The number of methoxy groups -OCH3 is 1. The SMILES string of the molecule is COC(=O)C1CCCCN1C(=O)Cn1ncc(N)n1. The van der Waals surface area contributed by atoms with Gasteiger partial charge >= 0.3 is 5.97 Å². The number of likely N-dealkylation sites (tertiary alicyclic amines) is 1. The van der Waals surface area contributed by atoms with E-state index in [1.807, 2.05) is 0 Å². The summed E-state index contributed by atoms with van der Waals surface area (Å²) in [5.74, 6) is -0.317. The van der Waals surface area contributed by atoms with Gasteiger partial charge in [-0.3, -0.25) is 4.79 Å². The Labute approximate surface area is 110 Å². The smallest absolute Gasteiger partial charge is 0.328 e. The lowest BCUT2D eigenvalue weighted by Crippen LogP contribution is -2.49. The fraction of sp³-hybridized carbons (Fsp3) is 0.636. The van der Waals surface area contributed by atoms with Crippen molar-refractivity contribution in [3.05, 3.63) is 6.20 Å². The van der Waals surface area contributed by atoms with Crippen molar-refractivity contribution < 1.29 is 14.3 Å². The second kappa shape index (κ2) is 5.68. The lowest BCUT2D eigenvalue weighted by atomic mass is 10.0. The molecule has 0 bridgehead atoms. The van der Waals surface area contributed by atoms with Crippen LogP contribution in [-0.4, -0.2) is 51.5 Å². The molecule has 1 amide bonds. The highest BCUT2D eigenvalue weighted by Gasteiger charge is 2.32. The van der Waals surface area contributed by atoms with Crippen LogP contribution in [0.15, 0.2) is 6.20 Å². The Morgan fingerprint density at radius 1 is 1.53 bits per heavy atom. The Morgan fingerprint density at radius 3 is 2.95 bits per heavy atom. The fourth-order valence-electron chi connectivity index (χ4n) is 2.21. The molecule has 1 fully saturated rings. The Kier molecular flexibility index (Phi) is 3.98. The first kappa shape index (κ1) is 13.3. The first-order valence-corrected chi connectivity index (χ1v) is 6.14. The zero-order valence-electron chi connectivity index (χ0n) is 10.8. The minimum atomic E-state index is -0.501. The molecule has 0 spiro atoms. The van der Waals surface area contributed by atoms with Gasteiger partial charge in [-0.2, -0.15) is 9.90 Å². The molecule has 1 atom stereocenters. The van der Waals surface area contributed by atoms with Gasteiger partial charge in [0.25, 0.3) is 0 Å². The Hall–Kier alpha value is -2.12. The van der Waals surface area contributed by atoms with E-state index in [-0.39, 0.29) is 24.2 Å². The van der Waals surface area contributed by atoms with Gasteiger partial charge in [-0.1, -0.05) is 0 Å². The van der Waals surface area contributed by atoms with Gasteiger partial charge in [-0.25, -0.2) is 4.79 Å². The Balaban J connectivity index is 2.05. The molecule has 0 aromatic carbocycles. The fourth-order valence-corrected chi connectivity index (χ4v) is 2.21. The molecular formula is C11H17N5O3. The van der Waals surface area contributed by atoms with Crippen molar-refractivity contribution in [2.75, 3.05) is 19.4 Å². The summed E-state index contributed by atoms with van der Waals surface area (Å²) in [6, 6.07) is -0.501. The number of ether oxygens (including phenoxy) is 1. The molecule has 8 nitrogen and oxygen atoms in total. The van der Waals surface area contributed by atoms with Gasteiger partial charge in [0.1, 0.15) is 12.6 Å². The number of hydrogen-bond acceptors (Lipinski definition) is 6. The van der Waals surface area contributed by atoms with Gasteiger partial charge < -0.3 is 15.4 Å². The summed E-state index contributed by atoms with van der Waals surface area (Å²) in [4.78, 5) is 26.6. The zero-order valence-corrected chi connectivity index (χ0v) is 10.8. The third-order valence-corrected chi connectivity index (χ3v) is 3.13. The van der Waals surface area contributed by atoms with Crippen LogP contribution in [0.2, 0.25) is 0 Å². The number of amides is 1. The van der Waals surface area contributed by atoms with Gasteiger partial charge in [0.2, 0.25) is 5.91 Å². The summed E-state index contributed by atoms with van der Waals surface area (Å²) in [5, 5.41) is 7.71. The standard InChI is InChI=1S/C11H17N5O3/c1-19-11(18)8-4-2-3-5-15(8)10(17)7-16-13-6-9(12)14-16/h6,8H,2-5,7H2,1H3,(H2,12,14). The van der Waals surface area contributed by atoms with E-state index in [0.717, 1.165) is 12.8 Å². The molecule has 0 radical (unpaired) electrons. The van der Waals surface area contributed by atoms with Crippen molar-refractivity contribution in [2.45, 2.75) is 31.8 Å². The molecule has 1 unspecified atom stereocenters. The number of aromatic nitrogens is 3. The minimum absolute atomic E-state index is 0.0231. The van der Waals surface area contributed by atoms with Gasteiger partial charge in [0.05, 0.1) is 13.3 Å². The molecule has 1 aromatic heterocycles. The van der Waals surface area contributed by atoms with Crippen molar-refractivity contribution in [3.63, 3.8) is 0 Å². The number of hydrogen-bond donors (Lipinski definition) is 1. The predicted molar refractivity (Wildman–Crippen MR) is 65.8 cm³/mol. The highest BCUT2D eigenvalue weighted by atomic mass is 16.5. The molecule has 2 heterocycles. The predicted octanol–water partition coefficient (Wildman–Crippen LogP) is -0.586. The highest BCUT2D eigenvalue weighted by Crippen LogP contribution is 2.18. The molecule has 0 saturated carbocycles. The first-order valence-electron chi connectivity index (χ1n) is 6.14. The molecule has 104 valence electrons. The third kappa shape index (κ3) is 3.01. The van der Waals surface area contributed by atoms with Crippen LogP contribution >= 0.6 is 0 Å². The Morgan fingerprint density at radius 2 is 2.32 bits per heavy atom. The summed E-state index contributed by atoms with van der Waals surface area (Å²) < 4.78 is 4.73. The first-order chi connectivity index (χ1) is 9.11. The molecule has 1 aromatic rings. The van der Waals surface area contributed by atoms with Gasteiger partial charge in [0.15, 0.2) is 5.82 Å². The second-order valence-corrected chi connectivity index (χ2v) is 4.42. The van der Waals surface area contributed by atoms with Crippen LogP contribution in [0.3, 0.4) is 0 Å². The van der Waals surface area contributed by atoms with Crippen molar-refractivity contribution >= 4 is 17.7 Å². The number of anilines is 1. The lowest BCUT2D eigenvalue weighted by Gasteiger charge is -2.33. The maximum absolute atomic E-state index is 12.2. The average molecular weight is 267 g/mol. The second-order valence-electron chi connectivity index (χ2n) is 4.42. The number of nitrogens with zero attached hydrogens (tertiary/aromatic N) is 4. The molecule has 19 heavy (non-hydrogen) atoms. The summed E-state index contributed by atoms with van der Waals surface area (Å²) in [6.45, 7) is 0.528. The summed E-state index contributed by atoms with van der Waals surface area (Å²) >= 11 is 0. The van der Waals surface area contributed by atoms with Crippen LogP contribution in [0, 0.1) is 0 Å². The van der Waals surface area contributed by atoms with Crippen molar-refractivity contribution in [3.8, 4) is 0 Å². The monoisotopic (exact) mass is 267 g/mol. The number of nitrogens with two attached hydrogens (primary N) is 1. The molecule has 1 aliphatic rings. The minimum Gasteiger partial charge on any atom is -0.467 e. The largest absolute Gasteiger partial charge is 0.467 e. The number of nitrogen functional groups attached to an aromatic ring is 1. The van der Waals surface area contributed by atoms with E-state index in [0.29, 0.717) is 13.0 Å². The maximum Gasteiger partial charge on any atom is 0.328 e. The van der Waals surface area contributed by atoms with E-state index in [1.54, 1.807) is 0 Å². The lowest BCUT2D eigenvalue weighted by molar-refractivity contribution is -0.155. The van der Waals surface area contributed by atoms with Crippen molar-refractivity contribution in [2.24, 2.45) is 0 Å². The van der Waals surface area contributed by atoms with Crippen LogP contribution in [0.1, 0.15) is 19.3 Å². The molecule has 2 N–H and O–H groups in total. The van der Waals surface area contributed by atoms with Crippen LogP contribution in [-0.2, 0) is 20.9 Å². The number of esters is 1.